The molecule has 29 heavy (non-hydrogen) atoms. The van der Waals surface area contributed by atoms with E-state index in [9.17, 15) is 40.9 Å². The van der Waals surface area contributed by atoms with E-state index in [1.165, 1.54) is 0 Å². The summed E-state index contributed by atoms with van der Waals surface area (Å²) in [5.41, 5.74) is -2.46. The van der Waals surface area contributed by atoms with Gasteiger partial charge in [-0.1, -0.05) is 0 Å². The minimum Gasteiger partial charge on any atom is -0.494 e. The summed E-state index contributed by atoms with van der Waals surface area (Å²) < 4.78 is 91.6. The molecular formula is C15H10F4N2O7S. The third kappa shape index (κ3) is 4.21. The molecule has 0 aromatic heterocycles. The van der Waals surface area contributed by atoms with Crippen molar-refractivity contribution in [3.63, 3.8) is 0 Å². The standard InChI is InChI=1S/C15H10F4N2O7S/c1-6(22)28-14-10(17)11(18)15(12(19)13(14)21(23)24)29(25,26)20-7-3-4-9(27-2)8(16)5-7/h3-5,20H,1-2H3. The van der Waals surface area contributed by atoms with E-state index in [-0.39, 0.29) is 5.75 Å². The molecule has 0 saturated heterocycles. The van der Waals surface area contributed by atoms with Gasteiger partial charge in [0.05, 0.1) is 17.7 Å². The van der Waals surface area contributed by atoms with E-state index in [2.05, 4.69) is 9.47 Å². The van der Waals surface area contributed by atoms with Gasteiger partial charge in [-0.2, -0.15) is 8.78 Å². The number of carbonyl (C=O) groups excluding carboxylic acids is 1. The highest BCUT2D eigenvalue weighted by Crippen LogP contribution is 2.39. The SMILES string of the molecule is COc1ccc(NS(=O)(=O)c2c(F)c(F)c(OC(C)=O)c([N+](=O)[O-])c2F)cc1F. The predicted octanol–water partition coefficient (Wildman–Crippen LogP) is 2.89. The Kier molecular flexibility index (Phi) is 5.96. The van der Waals surface area contributed by atoms with Crippen molar-refractivity contribution in [1.29, 1.82) is 0 Å². The molecule has 156 valence electrons. The fourth-order valence-corrected chi connectivity index (χ4v) is 3.38. The van der Waals surface area contributed by atoms with Gasteiger partial charge in [0, 0.05) is 13.0 Å². The van der Waals surface area contributed by atoms with Crippen molar-refractivity contribution in [2.45, 2.75) is 11.8 Å². The molecule has 0 heterocycles. The van der Waals surface area contributed by atoms with Crippen LogP contribution in [0.15, 0.2) is 23.1 Å². The van der Waals surface area contributed by atoms with Crippen molar-refractivity contribution in [3.8, 4) is 11.5 Å². The summed E-state index contributed by atoms with van der Waals surface area (Å²) >= 11 is 0. The van der Waals surface area contributed by atoms with Crippen LogP contribution in [0.5, 0.6) is 11.5 Å². The van der Waals surface area contributed by atoms with Crippen molar-refractivity contribution >= 4 is 27.4 Å². The molecule has 0 amide bonds. The number of sulfonamides is 1. The predicted molar refractivity (Wildman–Crippen MR) is 88.0 cm³/mol. The maximum atomic E-state index is 14.5. The Morgan fingerprint density at radius 2 is 1.76 bits per heavy atom. The number of benzene rings is 2. The lowest BCUT2D eigenvalue weighted by molar-refractivity contribution is -0.389. The summed E-state index contributed by atoms with van der Waals surface area (Å²) in [7, 11) is -4.20. The summed E-state index contributed by atoms with van der Waals surface area (Å²) in [4.78, 5) is 18.3. The average molecular weight is 438 g/mol. The number of nitrogens with one attached hydrogen (secondary N) is 1. The summed E-state index contributed by atoms with van der Waals surface area (Å²) in [5, 5.41) is 11.0. The quantitative estimate of drug-likeness (QED) is 0.184. The molecule has 2 rings (SSSR count). The number of nitro groups is 1. The molecule has 1 N–H and O–H groups in total. The molecular weight excluding hydrogens is 428 g/mol. The van der Waals surface area contributed by atoms with Crippen LogP contribution in [0.25, 0.3) is 0 Å². The van der Waals surface area contributed by atoms with E-state index in [4.69, 9.17) is 0 Å². The molecule has 0 aliphatic carbocycles. The van der Waals surface area contributed by atoms with Gasteiger partial charge >= 0.3 is 11.7 Å². The van der Waals surface area contributed by atoms with Gasteiger partial charge in [-0.3, -0.25) is 19.6 Å². The van der Waals surface area contributed by atoms with Crippen molar-refractivity contribution in [3.05, 3.63) is 51.6 Å². The number of halogens is 4. The molecule has 0 radical (unpaired) electrons. The van der Waals surface area contributed by atoms with Crippen molar-refractivity contribution in [2.24, 2.45) is 0 Å². The van der Waals surface area contributed by atoms with Crippen LogP contribution < -0.4 is 14.2 Å². The number of ether oxygens (including phenoxy) is 2. The number of rotatable bonds is 6. The largest absolute Gasteiger partial charge is 0.494 e. The molecule has 0 unspecified atom stereocenters. The third-order valence-electron chi connectivity index (χ3n) is 3.31. The number of nitrogens with zero attached hydrogens (tertiary/aromatic N) is 1. The number of hydrogen-bond donors (Lipinski definition) is 1. The number of esters is 1. The van der Waals surface area contributed by atoms with Crippen LogP contribution in [0, 0.1) is 33.4 Å². The number of nitro benzene ring substituents is 1. The molecule has 2 aromatic rings. The van der Waals surface area contributed by atoms with Gasteiger partial charge in [-0.25, -0.2) is 17.2 Å². The Bertz CT molecular complexity index is 1120. The smallest absolute Gasteiger partial charge is 0.351 e. The van der Waals surface area contributed by atoms with E-state index in [0.717, 1.165) is 19.2 Å². The van der Waals surface area contributed by atoms with Gasteiger partial charge in [0.15, 0.2) is 22.3 Å². The van der Waals surface area contributed by atoms with Crippen molar-refractivity contribution in [2.75, 3.05) is 11.8 Å². The lowest BCUT2D eigenvalue weighted by atomic mass is 10.2. The average Bonchev–Trinajstić information content (AvgIpc) is 2.58. The first-order chi connectivity index (χ1) is 13.4. The van der Waals surface area contributed by atoms with E-state index in [1.54, 1.807) is 4.72 Å². The van der Waals surface area contributed by atoms with Gasteiger partial charge in [0.2, 0.25) is 17.4 Å². The number of carbonyl (C=O) groups is 1. The second kappa shape index (κ2) is 7.90. The van der Waals surface area contributed by atoms with E-state index in [1.807, 2.05) is 0 Å². The van der Waals surface area contributed by atoms with Gasteiger partial charge in [-0.15, -0.1) is 0 Å². The van der Waals surface area contributed by atoms with Gasteiger partial charge in [0.25, 0.3) is 10.0 Å². The van der Waals surface area contributed by atoms with Crippen LogP contribution >= 0.6 is 0 Å². The molecule has 0 saturated carbocycles. The van der Waals surface area contributed by atoms with Gasteiger partial charge in [0.1, 0.15) is 0 Å². The second-order valence-electron chi connectivity index (χ2n) is 5.25. The minimum absolute atomic E-state index is 0.280. The number of methoxy groups -OCH3 is 1. The Morgan fingerprint density at radius 3 is 2.24 bits per heavy atom. The van der Waals surface area contributed by atoms with Crippen LogP contribution in [0.1, 0.15) is 6.92 Å². The fraction of sp³-hybridized carbons (Fsp3) is 0.133. The Hall–Kier alpha value is -3.42. The Labute approximate surface area is 160 Å². The lowest BCUT2D eigenvalue weighted by Gasteiger charge is -2.13. The zero-order valence-electron chi connectivity index (χ0n) is 14.5. The minimum atomic E-state index is -5.33. The van der Waals surface area contributed by atoms with E-state index >= 15 is 0 Å². The monoisotopic (exact) mass is 438 g/mol. The highest BCUT2D eigenvalue weighted by atomic mass is 32.2. The van der Waals surface area contributed by atoms with Crippen LogP contribution in [-0.4, -0.2) is 26.4 Å². The second-order valence-corrected chi connectivity index (χ2v) is 6.87. The van der Waals surface area contributed by atoms with Gasteiger partial charge < -0.3 is 9.47 Å². The summed E-state index contributed by atoms with van der Waals surface area (Å²) in [6.45, 7) is 0.670. The zero-order valence-corrected chi connectivity index (χ0v) is 15.3. The molecule has 0 spiro atoms. The first-order valence-electron chi connectivity index (χ1n) is 7.30. The van der Waals surface area contributed by atoms with E-state index in [0.29, 0.717) is 13.0 Å². The topological polar surface area (TPSA) is 125 Å². The molecule has 14 heteroatoms. The van der Waals surface area contributed by atoms with Crippen LogP contribution in [0.2, 0.25) is 0 Å². The van der Waals surface area contributed by atoms with Gasteiger partial charge in [-0.05, 0) is 12.1 Å². The first-order valence-corrected chi connectivity index (χ1v) is 8.78. The maximum absolute atomic E-state index is 14.5. The summed E-state index contributed by atoms with van der Waals surface area (Å²) in [6.07, 6.45) is 0. The molecule has 0 aliphatic heterocycles. The summed E-state index contributed by atoms with van der Waals surface area (Å²) in [6, 6.07) is 2.52. The highest BCUT2D eigenvalue weighted by Gasteiger charge is 2.40. The molecule has 0 aliphatic rings. The number of anilines is 1. The fourth-order valence-electron chi connectivity index (χ4n) is 2.18. The highest BCUT2D eigenvalue weighted by molar-refractivity contribution is 7.92. The first kappa shape index (κ1) is 21.9. The van der Waals surface area contributed by atoms with Crippen LogP contribution in [-0.2, 0) is 14.8 Å². The lowest BCUT2D eigenvalue weighted by Crippen LogP contribution is -2.20. The van der Waals surface area contributed by atoms with Crippen molar-refractivity contribution in [1.82, 2.24) is 0 Å². The normalized spacial score (nSPS) is 11.1. The Morgan fingerprint density at radius 1 is 1.14 bits per heavy atom. The molecule has 0 fully saturated rings. The molecule has 9 nitrogen and oxygen atoms in total. The Balaban J connectivity index is 2.68. The van der Waals surface area contributed by atoms with Crippen LogP contribution in [0.4, 0.5) is 28.9 Å². The summed E-state index contributed by atoms with van der Waals surface area (Å²) in [5.74, 6) is -11.4. The number of hydrogen-bond acceptors (Lipinski definition) is 7. The zero-order chi connectivity index (χ0) is 22.1. The van der Waals surface area contributed by atoms with E-state index < -0.39 is 66.2 Å². The van der Waals surface area contributed by atoms with Crippen LogP contribution in [0.3, 0.4) is 0 Å². The molecule has 2 aromatic carbocycles. The molecule has 0 bridgehead atoms. The molecule has 0 atom stereocenters. The van der Waals surface area contributed by atoms with Crippen molar-refractivity contribution < 1.29 is 45.2 Å². The maximum Gasteiger partial charge on any atom is 0.351 e. The third-order valence-corrected chi connectivity index (χ3v) is 4.72.